The second-order valence-corrected chi connectivity index (χ2v) is 12.2. The van der Waals surface area contributed by atoms with E-state index in [1.165, 1.54) is 109 Å². The van der Waals surface area contributed by atoms with Gasteiger partial charge in [0.25, 0.3) is 0 Å². The number of piperidine rings is 1. The summed E-state index contributed by atoms with van der Waals surface area (Å²) in [5.41, 5.74) is 0.662. The molecule has 228 valence electrons. The van der Waals surface area contributed by atoms with Crippen molar-refractivity contribution in [2.45, 2.75) is 160 Å². The molecule has 2 aliphatic rings. The number of hydrogen-bond acceptors (Lipinski definition) is 4. The van der Waals surface area contributed by atoms with Crippen LogP contribution in [0.2, 0.25) is 0 Å². The second kappa shape index (κ2) is 21.8. The third-order valence-corrected chi connectivity index (χ3v) is 8.96. The lowest BCUT2D eigenvalue weighted by atomic mass is 10.0. The number of carboxylic acids is 1. The summed E-state index contributed by atoms with van der Waals surface area (Å²) in [5.74, 6) is -2.06. The number of hydrogen-bond donors (Lipinski definition) is 1. The van der Waals surface area contributed by atoms with E-state index in [1.807, 2.05) is 6.07 Å². The van der Waals surface area contributed by atoms with Gasteiger partial charge in [-0.1, -0.05) is 134 Å². The van der Waals surface area contributed by atoms with Crippen molar-refractivity contribution in [3.63, 3.8) is 0 Å². The number of aliphatic carboxylic acids is 1. The standard InChI is InChI=1S/C27H44O4.C8H15N/c1-2-3-4-5-6-7-8-9-10-11-12-13-14-15-19-22-26(28)31-23-25(27(29)30)24-20-17-16-18-21-24;1-9-7-3-2-4-8(9)6-5-7/h16-18,20-21,25H,2-15,19,22-23H2,1H3,(H,29,30);7-8H,2-6H2,1H3. The van der Waals surface area contributed by atoms with Gasteiger partial charge in [-0.2, -0.15) is 0 Å². The SMILES string of the molecule is CCCCCCCCCCCCCCCCCC(=O)OCC(C(=O)O)c1ccccc1.CN1C2CCCC1CC2. The molecule has 0 spiro atoms. The van der Waals surface area contributed by atoms with Gasteiger partial charge in [-0.3, -0.25) is 9.59 Å². The van der Waals surface area contributed by atoms with Gasteiger partial charge >= 0.3 is 11.9 Å². The molecule has 1 N–H and O–H groups in total. The third kappa shape index (κ3) is 14.7. The van der Waals surface area contributed by atoms with Crippen molar-refractivity contribution in [3.8, 4) is 0 Å². The molecule has 3 rings (SSSR count). The van der Waals surface area contributed by atoms with Crippen LogP contribution in [0.4, 0.5) is 0 Å². The topological polar surface area (TPSA) is 66.8 Å². The Morgan fingerprint density at radius 3 is 1.70 bits per heavy atom. The molecule has 0 aliphatic carbocycles. The Labute approximate surface area is 245 Å². The maximum absolute atomic E-state index is 11.9. The van der Waals surface area contributed by atoms with Crippen LogP contribution in [-0.2, 0) is 14.3 Å². The normalized spacial score (nSPS) is 19.1. The van der Waals surface area contributed by atoms with Crippen molar-refractivity contribution in [2.75, 3.05) is 13.7 Å². The van der Waals surface area contributed by atoms with Gasteiger partial charge in [-0.05, 0) is 44.7 Å². The van der Waals surface area contributed by atoms with Crippen LogP contribution < -0.4 is 0 Å². The van der Waals surface area contributed by atoms with Crippen LogP contribution in [0.1, 0.15) is 153 Å². The van der Waals surface area contributed by atoms with Crippen LogP contribution in [0.15, 0.2) is 30.3 Å². The summed E-state index contributed by atoms with van der Waals surface area (Å²) < 4.78 is 5.22. The van der Waals surface area contributed by atoms with Crippen molar-refractivity contribution in [1.82, 2.24) is 4.90 Å². The monoisotopic (exact) mass is 557 g/mol. The van der Waals surface area contributed by atoms with E-state index in [0.717, 1.165) is 31.3 Å². The summed E-state index contributed by atoms with van der Waals surface area (Å²) in [5, 5.41) is 9.37. The summed E-state index contributed by atoms with van der Waals surface area (Å²) in [7, 11) is 2.29. The average molecular weight is 558 g/mol. The van der Waals surface area contributed by atoms with Gasteiger partial charge < -0.3 is 14.7 Å². The number of unbranched alkanes of at least 4 members (excludes halogenated alkanes) is 14. The molecule has 0 radical (unpaired) electrons. The van der Waals surface area contributed by atoms with Gasteiger partial charge in [0.15, 0.2) is 0 Å². The summed E-state index contributed by atoms with van der Waals surface area (Å²) >= 11 is 0. The summed E-state index contributed by atoms with van der Waals surface area (Å²) in [6, 6.07) is 10.9. The van der Waals surface area contributed by atoms with Crippen LogP contribution in [0.25, 0.3) is 0 Å². The highest BCUT2D eigenvalue weighted by Gasteiger charge is 2.33. The maximum atomic E-state index is 11.9. The highest BCUT2D eigenvalue weighted by Crippen LogP contribution is 2.33. The lowest BCUT2D eigenvalue weighted by Gasteiger charge is -2.30. The molecule has 1 aromatic rings. The minimum Gasteiger partial charge on any atom is -0.481 e. The third-order valence-electron chi connectivity index (χ3n) is 8.96. The number of nitrogens with zero attached hydrogens (tertiary/aromatic N) is 1. The molecular weight excluding hydrogens is 498 g/mol. The van der Waals surface area contributed by atoms with Gasteiger partial charge in [0.05, 0.1) is 0 Å². The van der Waals surface area contributed by atoms with Gasteiger partial charge in [0, 0.05) is 18.5 Å². The van der Waals surface area contributed by atoms with E-state index in [4.69, 9.17) is 4.74 Å². The molecule has 5 nitrogen and oxygen atoms in total. The Kier molecular flexibility index (Phi) is 18.7. The first-order chi connectivity index (χ1) is 19.5. The zero-order valence-corrected chi connectivity index (χ0v) is 25.8. The van der Waals surface area contributed by atoms with E-state index in [1.54, 1.807) is 24.3 Å². The number of carboxylic acid groups (broad SMARTS) is 1. The second-order valence-electron chi connectivity index (χ2n) is 12.2. The van der Waals surface area contributed by atoms with Crippen LogP contribution >= 0.6 is 0 Å². The first-order valence-corrected chi connectivity index (χ1v) is 16.7. The van der Waals surface area contributed by atoms with E-state index in [9.17, 15) is 14.7 Å². The van der Waals surface area contributed by atoms with Crippen molar-refractivity contribution in [1.29, 1.82) is 0 Å². The molecule has 3 unspecified atom stereocenters. The van der Waals surface area contributed by atoms with E-state index in [-0.39, 0.29) is 12.6 Å². The largest absolute Gasteiger partial charge is 0.481 e. The van der Waals surface area contributed by atoms with Crippen LogP contribution in [0.3, 0.4) is 0 Å². The molecule has 1 aromatic carbocycles. The first kappa shape index (κ1) is 34.3. The van der Waals surface area contributed by atoms with Crippen LogP contribution in [0.5, 0.6) is 0 Å². The van der Waals surface area contributed by atoms with Gasteiger partial charge in [-0.15, -0.1) is 0 Å². The molecule has 40 heavy (non-hydrogen) atoms. The molecule has 0 amide bonds. The van der Waals surface area contributed by atoms with Gasteiger partial charge in [-0.25, -0.2) is 0 Å². The lowest BCUT2D eigenvalue weighted by molar-refractivity contribution is -0.148. The molecule has 0 saturated carbocycles. The molecule has 2 heterocycles. The molecule has 2 saturated heterocycles. The van der Waals surface area contributed by atoms with E-state index in [2.05, 4.69) is 18.9 Å². The molecule has 0 aromatic heterocycles. The number of carbonyl (C=O) groups is 2. The van der Waals surface area contributed by atoms with E-state index >= 15 is 0 Å². The molecule has 2 bridgehead atoms. The average Bonchev–Trinajstić information content (AvgIpc) is 3.13. The van der Waals surface area contributed by atoms with E-state index in [0.29, 0.717) is 12.0 Å². The number of esters is 1. The number of benzene rings is 1. The minimum absolute atomic E-state index is 0.100. The maximum Gasteiger partial charge on any atom is 0.314 e. The summed E-state index contributed by atoms with van der Waals surface area (Å²) in [6.07, 6.45) is 27.1. The van der Waals surface area contributed by atoms with Crippen molar-refractivity contribution < 1.29 is 19.4 Å². The summed E-state index contributed by atoms with van der Waals surface area (Å²) in [6.45, 7) is 2.16. The van der Waals surface area contributed by atoms with E-state index < -0.39 is 11.9 Å². The fraction of sp³-hybridized carbons (Fsp3) is 0.771. The Hall–Kier alpha value is -1.88. The van der Waals surface area contributed by atoms with Crippen LogP contribution in [-0.4, -0.2) is 47.7 Å². The number of carbonyl (C=O) groups excluding carboxylic acids is 1. The quantitative estimate of drug-likeness (QED) is 0.128. The fourth-order valence-corrected chi connectivity index (χ4v) is 6.26. The first-order valence-electron chi connectivity index (χ1n) is 16.7. The molecule has 3 atom stereocenters. The smallest absolute Gasteiger partial charge is 0.314 e. The molecule has 2 aliphatic heterocycles. The number of rotatable bonds is 20. The molecule has 5 heteroatoms. The minimum atomic E-state index is -0.967. The number of fused-ring (bicyclic) bond motifs is 2. The van der Waals surface area contributed by atoms with Gasteiger partial charge in [0.2, 0.25) is 0 Å². The van der Waals surface area contributed by atoms with Crippen molar-refractivity contribution in [3.05, 3.63) is 35.9 Å². The Morgan fingerprint density at radius 2 is 1.25 bits per heavy atom. The summed E-state index contributed by atoms with van der Waals surface area (Å²) in [4.78, 5) is 25.9. The zero-order valence-electron chi connectivity index (χ0n) is 25.8. The lowest BCUT2D eigenvalue weighted by Crippen LogP contribution is -2.35. The molecule has 2 fully saturated rings. The van der Waals surface area contributed by atoms with Crippen LogP contribution in [0, 0.1) is 0 Å². The molecular formula is C35H59NO4. The highest BCUT2D eigenvalue weighted by atomic mass is 16.5. The van der Waals surface area contributed by atoms with Gasteiger partial charge in [0.1, 0.15) is 12.5 Å². The Bertz CT molecular complexity index is 767. The fourth-order valence-electron chi connectivity index (χ4n) is 6.26. The van der Waals surface area contributed by atoms with Crippen molar-refractivity contribution >= 4 is 11.9 Å². The predicted octanol–water partition coefficient (Wildman–Crippen LogP) is 9.29. The Balaban J connectivity index is 0.000000515. The Morgan fingerprint density at radius 1 is 0.775 bits per heavy atom. The zero-order chi connectivity index (χ0) is 28.8. The predicted molar refractivity (Wildman–Crippen MR) is 166 cm³/mol. The number of ether oxygens (including phenoxy) is 1. The highest BCUT2D eigenvalue weighted by molar-refractivity contribution is 5.77. The van der Waals surface area contributed by atoms with Crippen molar-refractivity contribution in [2.24, 2.45) is 0 Å².